The summed E-state index contributed by atoms with van der Waals surface area (Å²) < 4.78 is 5.55. The van der Waals surface area contributed by atoms with Crippen LogP contribution >= 0.6 is 12.2 Å². The molecule has 0 aromatic carbocycles. The maximum Gasteiger partial charge on any atom is 0.169 e. The van der Waals surface area contributed by atoms with Crippen molar-refractivity contribution in [3.8, 4) is 0 Å². The van der Waals surface area contributed by atoms with Crippen molar-refractivity contribution in [2.75, 3.05) is 26.2 Å². The van der Waals surface area contributed by atoms with E-state index < -0.39 is 0 Å². The van der Waals surface area contributed by atoms with E-state index in [4.69, 9.17) is 17.0 Å². The molecule has 15 heavy (non-hydrogen) atoms. The van der Waals surface area contributed by atoms with Gasteiger partial charge in [0.15, 0.2) is 5.11 Å². The molecule has 0 saturated carbocycles. The van der Waals surface area contributed by atoms with Crippen molar-refractivity contribution in [3.05, 3.63) is 0 Å². The number of rotatable bonds is 2. The molecule has 2 aliphatic rings. The predicted octanol–water partition coefficient (Wildman–Crippen LogP) is 1.53. The van der Waals surface area contributed by atoms with Gasteiger partial charge in [0.25, 0.3) is 0 Å². The minimum Gasteiger partial charge on any atom is -0.376 e. The van der Waals surface area contributed by atoms with Gasteiger partial charge >= 0.3 is 0 Å². The van der Waals surface area contributed by atoms with E-state index in [0.717, 1.165) is 31.4 Å². The van der Waals surface area contributed by atoms with Crippen molar-refractivity contribution >= 4 is 17.3 Å². The lowest BCUT2D eigenvalue weighted by atomic mass is 10.1. The zero-order chi connectivity index (χ0) is 10.5. The van der Waals surface area contributed by atoms with Crippen LogP contribution < -0.4 is 5.32 Å². The third-order valence-electron chi connectivity index (χ3n) is 3.15. The summed E-state index contributed by atoms with van der Waals surface area (Å²) in [5, 5.41) is 4.25. The van der Waals surface area contributed by atoms with Gasteiger partial charge in [-0.1, -0.05) is 0 Å². The molecule has 1 unspecified atom stereocenters. The van der Waals surface area contributed by atoms with Crippen LogP contribution in [0.2, 0.25) is 0 Å². The summed E-state index contributed by atoms with van der Waals surface area (Å²) in [5.41, 5.74) is 0. The van der Waals surface area contributed by atoms with Gasteiger partial charge in [0.05, 0.1) is 6.10 Å². The number of hydrogen-bond acceptors (Lipinski definition) is 2. The molecule has 0 bridgehead atoms. The molecule has 3 nitrogen and oxygen atoms in total. The molecule has 86 valence electrons. The van der Waals surface area contributed by atoms with Crippen LogP contribution in [0.1, 0.15) is 32.1 Å². The molecule has 4 heteroatoms. The molecule has 0 aromatic rings. The molecule has 2 aliphatic heterocycles. The highest BCUT2D eigenvalue weighted by molar-refractivity contribution is 7.80. The normalized spacial score (nSPS) is 26.7. The molecule has 0 amide bonds. The highest BCUT2D eigenvalue weighted by Crippen LogP contribution is 2.12. The molecular formula is C11H20N2OS. The molecule has 2 saturated heterocycles. The fraction of sp³-hybridized carbons (Fsp3) is 0.909. The summed E-state index contributed by atoms with van der Waals surface area (Å²) in [7, 11) is 0. The Labute approximate surface area is 97.2 Å². The lowest BCUT2D eigenvalue weighted by Gasteiger charge is -2.29. The smallest absolute Gasteiger partial charge is 0.169 e. The lowest BCUT2D eigenvalue weighted by molar-refractivity contribution is 0.113. The zero-order valence-electron chi connectivity index (χ0n) is 9.21. The Morgan fingerprint density at radius 1 is 1.27 bits per heavy atom. The van der Waals surface area contributed by atoms with Gasteiger partial charge < -0.3 is 15.0 Å². The van der Waals surface area contributed by atoms with Crippen LogP contribution in [0.3, 0.4) is 0 Å². The Bertz CT molecular complexity index is 211. The summed E-state index contributed by atoms with van der Waals surface area (Å²) in [6.45, 7) is 4.05. The van der Waals surface area contributed by atoms with E-state index in [2.05, 4.69) is 10.2 Å². The van der Waals surface area contributed by atoms with Crippen LogP contribution in [0, 0.1) is 0 Å². The first-order valence-corrected chi connectivity index (χ1v) is 6.41. The maximum atomic E-state index is 5.55. The zero-order valence-corrected chi connectivity index (χ0v) is 10.0. The first-order chi connectivity index (χ1) is 7.36. The van der Waals surface area contributed by atoms with Crippen LogP contribution in [0.5, 0.6) is 0 Å². The van der Waals surface area contributed by atoms with Gasteiger partial charge in [-0.3, -0.25) is 0 Å². The Balaban J connectivity index is 1.66. The summed E-state index contributed by atoms with van der Waals surface area (Å²) >= 11 is 5.37. The number of likely N-dealkylation sites (tertiary alicyclic amines) is 1. The van der Waals surface area contributed by atoms with E-state index in [1.165, 1.54) is 32.1 Å². The molecule has 0 spiro atoms. The van der Waals surface area contributed by atoms with E-state index in [9.17, 15) is 0 Å². The predicted molar refractivity (Wildman–Crippen MR) is 65.0 cm³/mol. The minimum absolute atomic E-state index is 0.382. The van der Waals surface area contributed by atoms with Gasteiger partial charge in [-0.25, -0.2) is 0 Å². The second kappa shape index (κ2) is 5.66. The van der Waals surface area contributed by atoms with Crippen molar-refractivity contribution in [1.29, 1.82) is 0 Å². The summed E-state index contributed by atoms with van der Waals surface area (Å²) in [5.74, 6) is 0. The summed E-state index contributed by atoms with van der Waals surface area (Å²) in [6.07, 6.45) is 6.67. The van der Waals surface area contributed by atoms with Gasteiger partial charge in [-0.05, 0) is 44.3 Å². The van der Waals surface area contributed by atoms with Gasteiger partial charge in [0.1, 0.15) is 0 Å². The maximum absolute atomic E-state index is 5.55. The fourth-order valence-corrected chi connectivity index (χ4v) is 2.48. The quantitative estimate of drug-likeness (QED) is 0.724. The molecule has 0 radical (unpaired) electrons. The largest absolute Gasteiger partial charge is 0.376 e. The second-order valence-electron chi connectivity index (χ2n) is 4.37. The minimum atomic E-state index is 0.382. The van der Waals surface area contributed by atoms with Crippen LogP contribution in [0.25, 0.3) is 0 Å². The Hall–Kier alpha value is -0.350. The fourth-order valence-electron chi connectivity index (χ4n) is 2.22. The Morgan fingerprint density at radius 3 is 2.73 bits per heavy atom. The molecule has 2 fully saturated rings. The van der Waals surface area contributed by atoms with Gasteiger partial charge in [-0.2, -0.15) is 0 Å². The highest BCUT2D eigenvalue weighted by Gasteiger charge is 2.17. The first-order valence-electron chi connectivity index (χ1n) is 6.00. The van der Waals surface area contributed by atoms with Crippen LogP contribution in [0.4, 0.5) is 0 Å². The number of ether oxygens (including phenoxy) is 1. The number of hydrogen-bond donors (Lipinski definition) is 1. The number of piperidine rings is 1. The molecule has 1 N–H and O–H groups in total. The molecule has 0 aliphatic carbocycles. The summed E-state index contributed by atoms with van der Waals surface area (Å²) in [4.78, 5) is 2.29. The average molecular weight is 228 g/mol. The Morgan fingerprint density at radius 2 is 2.07 bits per heavy atom. The standard InChI is InChI=1S/C11H20N2OS/c15-11(13-6-2-1-3-7-13)12-9-10-5-4-8-14-10/h10H,1-9H2,(H,12,15). The SMILES string of the molecule is S=C(NCC1CCCO1)N1CCCCC1. The monoisotopic (exact) mass is 228 g/mol. The van der Waals surface area contributed by atoms with Crippen molar-refractivity contribution in [3.63, 3.8) is 0 Å². The number of thiocarbonyl (C=S) groups is 1. The Kier molecular flexibility index (Phi) is 4.20. The highest BCUT2D eigenvalue weighted by atomic mass is 32.1. The van der Waals surface area contributed by atoms with Gasteiger partial charge in [0, 0.05) is 26.2 Å². The van der Waals surface area contributed by atoms with Crippen molar-refractivity contribution in [2.24, 2.45) is 0 Å². The average Bonchev–Trinajstić information content (AvgIpc) is 2.80. The molecule has 1 atom stereocenters. The van der Waals surface area contributed by atoms with E-state index in [1.807, 2.05) is 0 Å². The lowest BCUT2D eigenvalue weighted by Crippen LogP contribution is -2.44. The molecule has 2 rings (SSSR count). The van der Waals surface area contributed by atoms with Crippen molar-refractivity contribution < 1.29 is 4.74 Å². The van der Waals surface area contributed by atoms with Crippen LogP contribution in [-0.2, 0) is 4.74 Å². The van der Waals surface area contributed by atoms with E-state index in [-0.39, 0.29) is 0 Å². The number of nitrogens with zero attached hydrogens (tertiary/aromatic N) is 1. The van der Waals surface area contributed by atoms with Gasteiger partial charge in [0.2, 0.25) is 0 Å². The molecule has 2 heterocycles. The topological polar surface area (TPSA) is 24.5 Å². The summed E-state index contributed by atoms with van der Waals surface area (Å²) in [6, 6.07) is 0. The van der Waals surface area contributed by atoms with Crippen LogP contribution in [-0.4, -0.2) is 42.4 Å². The van der Waals surface area contributed by atoms with E-state index in [0.29, 0.717) is 6.10 Å². The third kappa shape index (κ3) is 3.31. The van der Waals surface area contributed by atoms with Crippen molar-refractivity contribution in [2.45, 2.75) is 38.2 Å². The first kappa shape index (κ1) is 11.1. The van der Waals surface area contributed by atoms with Crippen molar-refractivity contribution in [1.82, 2.24) is 10.2 Å². The number of nitrogens with one attached hydrogen (secondary N) is 1. The van der Waals surface area contributed by atoms with E-state index in [1.54, 1.807) is 0 Å². The molecule has 0 aromatic heterocycles. The van der Waals surface area contributed by atoms with E-state index >= 15 is 0 Å². The third-order valence-corrected chi connectivity index (χ3v) is 3.55. The second-order valence-corrected chi connectivity index (χ2v) is 4.76. The molecular weight excluding hydrogens is 208 g/mol. The van der Waals surface area contributed by atoms with Crippen LogP contribution in [0.15, 0.2) is 0 Å². The van der Waals surface area contributed by atoms with Gasteiger partial charge in [-0.15, -0.1) is 0 Å².